The molecule has 52 heavy (non-hydrogen) atoms. The second-order valence-corrected chi connectivity index (χ2v) is 12.1. The number of amides is 2. The van der Waals surface area contributed by atoms with Gasteiger partial charge in [0.2, 0.25) is 5.88 Å². The number of aromatic nitrogens is 2. The van der Waals surface area contributed by atoms with Crippen molar-refractivity contribution in [3.05, 3.63) is 114 Å². The van der Waals surface area contributed by atoms with E-state index >= 15 is 0 Å². The first-order valence-electron chi connectivity index (χ1n) is 16.1. The van der Waals surface area contributed by atoms with Crippen LogP contribution >= 0.6 is 17.0 Å². The molecule has 0 bridgehead atoms. The first kappa shape index (κ1) is 38.2. The number of fused-ring (bicyclic) bond motifs is 1. The smallest absolute Gasteiger partial charge is 0.416 e. The van der Waals surface area contributed by atoms with Crippen LogP contribution in [-0.4, -0.2) is 76.8 Å². The number of halogens is 6. The molecule has 2 aromatic heterocycles. The third-order valence-corrected chi connectivity index (χ3v) is 8.56. The Balaban J connectivity index is 0.00000523. The highest BCUT2D eigenvalue weighted by Gasteiger charge is 2.30. The number of pyridine rings is 1. The molecular weight excluding hydrogens is 753 g/mol. The van der Waals surface area contributed by atoms with Gasteiger partial charge in [0.05, 0.1) is 23.0 Å². The summed E-state index contributed by atoms with van der Waals surface area (Å²) < 4.78 is 77.0. The van der Waals surface area contributed by atoms with Crippen LogP contribution in [0.1, 0.15) is 32.0 Å². The number of hydrogen-bond acceptors (Lipinski definition) is 6. The van der Waals surface area contributed by atoms with Crippen LogP contribution in [0.5, 0.6) is 17.4 Å². The van der Waals surface area contributed by atoms with E-state index in [0.717, 1.165) is 40.7 Å². The van der Waals surface area contributed by atoms with Crippen LogP contribution in [-0.2, 0) is 19.8 Å². The number of ether oxygens (including phenoxy) is 2. The molecule has 1 fully saturated rings. The van der Waals surface area contributed by atoms with E-state index in [1.54, 1.807) is 36.4 Å². The molecule has 3 heterocycles. The Hall–Kier alpha value is -5.02. The largest absolute Gasteiger partial charge is 0.485 e. The van der Waals surface area contributed by atoms with Crippen LogP contribution in [0.15, 0.2) is 91.1 Å². The molecule has 0 atom stereocenters. The number of alkyl halides is 5. The lowest BCUT2D eigenvalue weighted by Crippen LogP contribution is -2.48. The maximum atomic E-state index is 13.6. The molecule has 1 saturated heterocycles. The minimum atomic E-state index is -4.49. The van der Waals surface area contributed by atoms with Crippen molar-refractivity contribution in [3.8, 4) is 17.4 Å². The van der Waals surface area contributed by atoms with Crippen molar-refractivity contribution in [1.29, 1.82) is 0 Å². The van der Waals surface area contributed by atoms with Gasteiger partial charge in [-0.25, -0.2) is 13.8 Å². The Bertz CT molecular complexity index is 1980. The molecule has 0 aliphatic carbocycles. The highest BCUT2D eigenvalue weighted by molar-refractivity contribution is 8.93. The zero-order valence-corrected chi connectivity index (χ0v) is 29.6. The van der Waals surface area contributed by atoms with Gasteiger partial charge in [0, 0.05) is 62.9 Å². The minimum absolute atomic E-state index is 0. The number of anilines is 1. The van der Waals surface area contributed by atoms with E-state index in [-0.39, 0.29) is 34.3 Å². The molecule has 9 nitrogen and oxygen atoms in total. The first-order valence-corrected chi connectivity index (χ1v) is 16.1. The van der Waals surface area contributed by atoms with Gasteiger partial charge in [0.1, 0.15) is 30.5 Å². The number of aryl methyl sites for hydroxylation is 1. The van der Waals surface area contributed by atoms with Crippen LogP contribution in [0, 0.1) is 0 Å². The number of carbonyl (C=O) groups excluding carboxylic acids is 2. The normalized spacial score (nSPS) is 13.6. The first-order chi connectivity index (χ1) is 24.5. The van der Waals surface area contributed by atoms with E-state index in [9.17, 15) is 31.5 Å². The van der Waals surface area contributed by atoms with Crippen molar-refractivity contribution in [3.63, 3.8) is 0 Å². The second-order valence-electron chi connectivity index (χ2n) is 12.1. The van der Waals surface area contributed by atoms with Crippen LogP contribution in [0.4, 0.5) is 27.6 Å². The molecule has 0 spiro atoms. The SMILES string of the molecule is Br.Cn1c(C(=O)N2CCN(Cc3ccc(OC(CF)CF)cc3)CC2)cc2ccc(Oc3ccc(NC(=O)c4ccc(C(F)(F)F)cc4)cn3)cc21. The monoisotopic (exact) mass is 787 g/mol. The third kappa shape index (κ3) is 9.06. The zero-order valence-electron chi connectivity index (χ0n) is 27.9. The van der Waals surface area contributed by atoms with Crippen molar-refractivity contribution in [1.82, 2.24) is 19.4 Å². The average molecular weight is 789 g/mol. The lowest BCUT2D eigenvalue weighted by Gasteiger charge is -2.34. The number of nitrogens with one attached hydrogen (secondary N) is 1. The molecule has 1 N–H and O–H groups in total. The number of piperazine rings is 1. The van der Waals surface area contributed by atoms with Gasteiger partial charge in [-0.15, -0.1) is 17.0 Å². The fraction of sp³-hybridized carbons (Fsp3) is 0.270. The van der Waals surface area contributed by atoms with E-state index < -0.39 is 37.1 Å². The van der Waals surface area contributed by atoms with Crippen LogP contribution in [0.3, 0.4) is 0 Å². The highest BCUT2D eigenvalue weighted by Crippen LogP contribution is 2.30. The average Bonchev–Trinajstić information content (AvgIpc) is 3.47. The predicted octanol–water partition coefficient (Wildman–Crippen LogP) is 7.86. The number of nitrogens with zero attached hydrogens (tertiary/aromatic N) is 4. The van der Waals surface area contributed by atoms with Gasteiger partial charge < -0.3 is 24.3 Å². The van der Waals surface area contributed by atoms with Gasteiger partial charge in [-0.2, -0.15) is 13.2 Å². The Morgan fingerprint density at radius 1 is 0.865 bits per heavy atom. The highest BCUT2D eigenvalue weighted by atomic mass is 79.9. The zero-order chi connectivity index (χ0) is 36.1. The number of benzene rings is 3. The Morgan fingerprint density at radius 2 is 1.54 bits per heavy atom. The van der Waals surface area contributed by atoms with E-state index in [1.165, 1.54) is 6.20 Å². The topological polar surface area (TPSA) is 88.9 Å². The maximum absolute atomic E-state index is 13.6. The molecule has 6 rings (SSSR count). The molecule has 1 aliphatic rings. The molecule has 15 heteroatoms. The Labute approximate surface area is 306 Å². The van der Waals surface area contributed by atoms with E-state index in [2.05, 4.69) is 15.2 Å². The van der Waals surface area contributed by atoms with Gasteiger partial charge in [-0.05, 0) is 66.2 Å². The molecule has 0 radical (unpaired) electrons. The van der Waals surface area contributed by atoms with Gasteiger partial charge >= 0.3 is 6.18 Å². The number of rotatable bonds is 11. The Kier molecular flexibility index (Phi) is 12.2. The maximum Gasteiger partial charge on any atom is 0.416 e. The predicted molar refractivity (Wildman–Crippen MR) is 191 cm³/mol. The lowest BCUT2D eigenvalue weighted by molar-refractivity contribution is -0.137. The van der Waals surface area contributed by atoms with E-state index in [0.29, 0.717) is 55.6 Å². The summed E-state index contributed by atoms with van der Waals surface area (Å²) in [6, 6.07) is 21.4. The number of carbonyl (C=O) groups is 2. The molecule has 1 aliphatic heterocycles. The third-order valence-electron chi connectivity index (χ3n) is 8.56. The van der Waals surface area contributed by atoms with E-state index in [4.69, 9.17) is 9.47 Å². The van der Waals surface area contributed by atoms with Crippen LogP contribution in [0.25, 0.3) is 10.9 Å². The van der Waals surface area contributed by atoms with Gasteiger partial charge in [0.15, 0.2) is 6.10 Å². The van der Waals surface area contributed by atoms with Gasteiger partial charge in [-0.1, -0.05) is 12.1 Å². The summed E-state index contributed by atoms with van der Waals surface area (Å²) in [5.41, 5.74) is 1.91. The summed E-state index contributed by atoms with van der Waals surface area (Å²) >= 11 is 0. The van der Waals surface area contributed by atoms with Crippen molar-refractivity contribution in [2.24, 2.45) is 7.05 Å². The summed E-state index contributed by atoms with van der Waals surface area (Å²) in [5.74, 6) is 0.482. The van der Waals surface area contributed by atoms with Crippen molar-refractivity contribution in [2.45, 2.75) is 18.8 Å². The summed E-state index contributed by atoms with van der Waals surface area (Å²) in [4.78, 5) is 34.3. The summed E-state index contributed by atoms with van der Waals surface area (Å²) in [6.45, 7) is 1.36. The van der Waals surface area contributed by atoms with Gasteiger partial charge in [-0.3, -0.25) is 14.5 Å². The van der Waals surface area contributed by atoms with Crippen LogP contribution in [0.2, 0.25) is 0 Å². The quantitative estimate of drug-likeness (QED) is 0.137. The fourth-order valence-electron chi connectivity index (χ4n) is 5.73. The van der Waals surface area contributed by atoms with Crippen molar-refractivity contribution >= 4 is 45.4 Å². The van der Waals surface area contributed by atoms with Crippen molar-refractivity contribution < 1.29 is 41.0 Å². The minimum Gasteiger partial charge on any atom is -0.485 e. The summed E-state index contributed by atoms with van der Waals surface area (Å²) in [7, 11) is 1.82. The molecule has 2 amide bonds. The molecule has 274 valence electrons. The molecule has 0 saturated carbocycles. The molecular formula is C37H35BrF5N5O4. The van der Waals surface area contributed by atoms with Gasteiger partial charge in [0.25, 0.3) is 11.8 Å². The summed E-state index contributed by atoms with van der Waals surface area (Å²) in [5, 5.41) is 3.46. The molecule has 0 unspecified atom stereocenters. The summed E-state index contributed by atoms with van der Waals surface area (Å²) in [6.07, 6.45) is -4.21. The van der Waals surface area contributed by atoms with E-state index in [1.807, 2.05) is 40.8 Å². The standard InChI is InChI=1S/C37H34F5N5O4.BrH/c1-45-32-19-30(51-34-13-9-28(22-43-34)44-35(48)25-4-7-27(8-5-25)37(40,41)42)12-6-26(32)18-33(45)36(49)47-16-14-46(15-17-47)23-24-2-10-29(11-3-24)50-31(20-38)21-39;/h2-13,18-19,22,31H,14-17,20-21,23H2,1H3,(H,44,48);1H. The fourth-order valence-corrected chi connectivity index (χ4v) is 5.73. The molecule has 5 aromatic rings. The van der Waals surface area contributed by atoms with Crippen molar-refractivity contribution in [2.75, 3.05) is 44.8 Å². The van der Waals surface area contributed by atoms with Crippen LogP contribution < -0.4 is 14.8 Å². The second kappa shape index (κ2) is 16.5. The Morgan fingerprint density at radius 3 is 2.15 bits per heavy atom. The number of hydrogen-bond donors (Lipinski definition) is 1. The lowest BCUT2D eigenvalue weighted by atomic mass is 10.1. The molecule has 3 aromatic carbocycles.